The number of hydrogen-bond donors (Lipinski definition) is 1. The fraction of sp³-hybridized carbons (Fsp3) is 0.500. The maximum atomic E-state index is 12.0. The van der Waals surface area contributed by atoms with Crippen molar-refractivity contribution in [3.8, 4) is 0 Å². The van der Waals surface area contributed by atoms with Crippen molar-refractivity contribution in [2.75, 3.05) is 12.3 Å². The molecule has 1 heterocycles. The van der Waals surface area contributed by atoms with Crippen molar-refractivity contribution in [1.29, 1.82) is 0 Å². The molecule has 4 nitrogen and oxygen atoms in total. The number of aryl methyl sites for hydroxylation is 3. The van der Waals surface area contributed by atoms with Crippen LogP contribution < -0.4 is 5.32 Å². The highest BCUT2D eigenvalue weighted by Crippen LogP contribution is 2.25. The zero-order chi connectivity index (χ0) is 18.4. The van der Waals surface area contributed by atoms with Crippen LogP contribution in [0.3, 0.4) is 0 Å². The lowest BCUT2D eigenvalue weighted by atomic mass is 9.87. The van der Waals surface area contributed by atoms with E-state index in [1.165, 1.54) is 5.56 Å². The molecule has 1 amide bonds. The van der Waals surface area contributed by atoms with Crippen LogP contribution in [-0.2, 0) is 16.8 Å². The Kier molecular flexibility index (Phi) is 6.71. The lowest BCUT2D eigenvalue weighted by Crippen LogP contribution is -2.27. The second kappa shape index (κ2) is 8.56. The molecule has 1 N–H and O–H groups in total. The van der Waals surface area contributed by atoms with Gasteiger partial charge in [0.05, 0.1) is 11.4 Å². The van der Waals surface area contributed by atoms with Crippen LogP contribution in [0.2, 0.25) is 0 Å². The number of rotatable bonds is 7. The number of carbonyl (C=O) groups excluding carboxylic acids is 1. The minimum absolute atomic E-state index is 0.0817. The summed E-state index contributed by atoms with van der Waals surface area (Å²) in [6.45, 7) is 12.2. The smallest absolute Gasteiger partial charge is 0.230 e. The Labute approximate surface area is 155 Å². The third kappa shape index (κ3) is 6.24. The van der Waals surface area contributed by atoms with E-state index in [9.17, 15) is 4.79 Å². The number of nitrogens with zero attached hydrogens (tertiary/aromatic N) is 2. The molecule has 2 rings (SSSR count). The third-order valence-electron chi connectivity index (χ3n) is 4.06. The highest BCUT2D eigenvalue weighted by atomic mass is 32.2. The van der Waals surface area contributed by atoms with E-state index >= 15 is 0 Å². The fourth-order valence-corrected chi connectivity index (χ4v) is 3.34. The summed E-state index contributed by atoms with van der Waals surface area (Å²) in [5.41, 5.74) is 3.67. The van der Waals surface area contributed by atoms with Gasteiger partial charge in [-0.1, -0.05) is 32.9 Å². The topological polar surface area (TPSA) is 46.9 Å². The number of amides is 1. The molecule has 136 valence electrons. The molecule has 2 aromatic rings. The highest BCUT2D eigenvalue weighted by molar-refractivity contribution is 8.00. The Bertz CT molecular complexity index is 699. The van der Waals surface area contributed by atoms with Crippen molar-refractivity contribution in [3.63, 3.8) is 0 Å². The summed E-state index contributed by atoms with van der Waals surface area (Å²) >= 11 is 1.58. The van der Waals surface area contributed by atoms with E-state index in [0.717, 1.165) is 29.2 Å². The molecule has 0 spiro atoms. The van der Waals surface area contributed by atoms with Crippen molar-refractivity contribution in [2.45, 2.75) is 57.9 Å². The van der Waals surface area contributed by atoms with Gasteiger partial charge in [0.2, 0.25) is 5.91 Å². The first-order chi connectivity index (χ1) is 11.8. The van der Waals surface area contributed by atoms with E-state index in [1.807, 2.05) is 11.6 Å². The van der Waals surface area contributed by atoms with Crippen LogP contribution in [0.4, 0.5) is 0 Å². The van der Waals surface area contributed by atoms with Gasteiger partial charge < -0.3 is 5.32 Å². The molecule has 0 radical (unpaired) electrons. The predicted octanol–water partition coefficient (Wildman–Crippen LogP) is 4.10. The average molecular weight is 360 g/mol. The number of aromatic nitrogens is 2. The molecular weight excluding hydrogens is 330 g/mol. The lowest BCUT2D eigenvalue weighted by molar-refractivity contribution is -0.118. The zero-order valence-electron chi connectivity index (χ0n) is 15.9. The Morgan fingerprint density at radius 2 is 1.88 bits per heavy atom. The molecule has 25 heavy (non-hydrogen) atoms. The molecule has 5 heteroatoms. The Balaban J connectivity index is 1.68. The summed E-state index contributed by atoms with van der Waals surface area (Å²) in [7, 11) is 0. The molecule has 0 fully saturated rings. The van der Waals surface area contributed by atoms with Crippen LogP contribution in [0.1, 0.15) is 44.1 Å². The quantitative estimate of drug-likeness (QED) is 0.598. The second-order valence-corrected chi connectivity index (χ2v) is 8.47. The van der Waals surface area contributed by atoms with Crippen molar-refractivity contribution in [1.82, 2.24) is 15.1 Å². The van der Waals surface area contributed by atoms with Crippen LogP contribution in [0.25, 0.3) is 0 Å². The predicted molar refractivity (Wildman–Crippen MR) is 105 cm³/mol. The molecule has 0 saturated heterocycles. The van der Waals surface area contributed by atoms with Gasteiger partial charge in [0.15, 0.2) is 0 Å². The largest absolute Gasteiger partial charge is 0.355 e. The zero-order valence-corrected chi connectivity index (χ0v) is 16.7. The van der Waals surface area contributed by atoms with E-state index in [1.54, 1.807) is 11.8 Å². The van der Waals surface area contributed by atoms with Gasteiger partial charge in [0.25, 0.3) is 0 Å². The lowest BCUT2D eigenvalue weighted by Gasteiger charge is -2.19. The molecule has 0 aliphatic rings. The first-order valence-electron chi connectivity index (χ1n) is 8.77. The van der Waals surface area contributed by atoms with Crippen LogP contribution in [-0.4, -0.2) is 28.0 Å². The maximum absolute atomic E-state index is 12.0. The minimum atomic E-state index is 0.0817. The van der Waals surface area contributed by atoms with E-state index in [2.05, 4.69) is 68.4 Å². The van der Waals surface area contributed by atoms with Crippen molar-refractivity contribution in [2.24, 2.45) is 0 Å². The van der Waals surface area contributed by atoms with Gasteiger partial charge in [-0.05, 0) is 49.4 Å². The van der Waals surface area contributed by atoms with E-state index < -0.39 is 0 Å². The van der Waals surface area contributed by atoms with Gasteiger partial charge >= 0.3 is 0 Å². The Morgan fingerprint density at radius 1 is 1.20 bits per heavy atom. The number of hydrogen-bond acceptors (Lipinski definition) is 3. The molecule has 0 unspecified atom stereocenters. The molecular formula is C20H29N3OS. The van der Waals surface area contributed by atoms with Gasteiger partial charge in [-0.25, -0.2) is 0 Å². The fourth-order valence-electron chi connectivity index (χ4n) is 2.61. The highest BCUT2D eigenvalue weighted by Gasteiger charge is 2.13. The average Bonchev–Trinajstić information content (AvgIpc) is 2.87. The van der Waals surface area contributed by atoms with Gasteiger partial charge in [0.1, 0.15) is 0 Å². The molecule has 0 aliphatic heterocycles. The number of carbonyl (C=O) groups is 1. The maximum Gasteiger partial charge on any atom is 0.230 e. The van der Waals surface area contributed by atoms with Crippen LogP contribution in [0, 0.1) is 13.8 Å². The van der Waals surface area contributed by atoms with Crippen LogP contribution in [0.15, 0.2) is 35.2 Å². The summed E-state index contributed by atoms with van der Waals surface area (Å²) in [6.07, 6.45) is 0.888. The summed E-state index contributed by atoms with van der Waals surface area (Å²) < 4.78 is 1.99. The third-order valence-corrected chi connectivity index (χ3v) is 5.07. The van der Waals surface area contributed by atoms with Crippen LogP contribution in [0.5, 0.6) is 0 Å². The first kappa shape index (κ1) is 19.6. The summed E-state index contributed by atoms with van der Waals surface area (Å²) in [6, 6.07) is 10.6. The second-order valence-electron chi connectivity index (χ2n) is 7.42. The standard InChI is InChI=1S/C20H29N3OS/c1-15-13-16(2)23(22-15)12-6-11-21-19(24)14-25-18-9-7-17(8-10-18)20(3,4)5/h7-10,13H,6,11-12,14H2,1-5H3,(H,21,24). The first-order valence-corrected chi connectivity index (χ1v) is 9.75. The molecule has 0 aliphatic carbocycles. The number of benzene rings is 1. The Morgan fingerprint density at radius 3 is 2.44 bits per heavy atom. The molecule has 1 aromatic carbocycles. The minimum Gasteiger partial charge on any atom is -0.355 e. The van der Waals surface area contributed by atoms with Crippen molar-refractivity contribution < 1.29 is 4.79 Å². The van der Waals surface area contributed by atoms with Gasteiger partial charge in [-0.3, -0.25) is 9.48 Å². The molecule has 0 saturated carbocycles. The van der Waals surface area contributed by atoms with Gasteiger partial charge in [-0.15, -0.1) is 11.8 Å². The number of nitrogens with one attached hydrogen (secondary N) is 1. The molecule has 0 bridgehead atoms. The summed E-state index contributed by atoms with van der Waals surface area (Å²) in [4.78, 5) is 13.1. The number of thioether (sulfide) groups is 1. The van der Waals surface area contributed by atoms with E-state index in [4.69, 9.17) is 0 Å². The van der Waals surface area contributed by atoms with E-state index in [-0.39, 0.29) is 11.3 Å². The summed E-state index contributed by atoms with van der Waals surface area (Å²) in [5, 5.41) is 7.41. The Hall–Kier alpha value is -1.75. The van der Waals surface area contributed by atoms with Gasteiger partial charge in [-0.2, -0.15) is 5.10 Å². The van der Waals surface area contributed by atoms with E-state index in [0.29, 0.717) is 12.3 Å². The monoisotopic (exact) mass is 359 g/mol. The van der Waals surface area contributed by atoms with Crippen LogP contribution >= 0.6 is 11.8 Å². The normalized spacial score (nSPS) is 11.6. The van der Waals surface area contributed by atoms with Gasteiger partial charge in [0, 0.05) is 23.7 Å². The SMILES string of the molecule is Cc1cc(C)n(CCCNC(=O)CSc2ccc(C(C)(C)C)cc2)n1. The van der Waals surface area contributed by atoms with Crippen molar-refractivity contribution in [3.05, 3.63) is 47.3 Å². The molecule has 0 atom stereocenters. The molecule has 1 aromatic heterocycles. The summed E-state index contributed by atoms with van der Waals surface area (Å²) in [5.74, 6) is 0.535. The van der Waals surface area contributed by atoms with Crippen molar-refractivity contribution >= 4 is 17.7 Å².